The molecule has 5 aromatic rings. The number of methoxy groups -OCH3 is 1. The molecule has 0 radical (unpaired) electrons. The zero-order chi connectivity index (χ0) is 24.2. The number of ether oxygens (including phenoxy) is 1. The first-order chi connectivity index (χ1) is 17.2. The van der Waals surface area contributed by atoms with Gasteiger partial charge in [-0.15, -0.1) is 5.10 Å². The van der Waals surface area contributed by atoms with Gasteiger partial charge in [0.2, 0.25) is 0 Å². The normalized spacial score (nSPS) is 11.0. The van der Waals surface area contributed by atoms with Crippen molar-refractivity contribution in [2.24, 2.45) is 0 Å². The van der Waals surface area contributed by atoms with Crippen molar-refractivity contribution in [3.05, 3.63) is 94.9 Å². The molecule has 0 fully saturated rings. The Balaban J connectivity index is 1.48. The maximum atomic E-state index is 13.4. The summed E-state index contributed by atoms with van der Waals surface area (Å²) in [6, 6.07) is 17.6. The van der Waals surface area contributed by atoms with E-state index in [0.29, 0.717) is 18.1 Å². The minimum absolute atomic E-state index is 0.0885. The Kier molecular flexibility index (Phi) is 6.21. The first kappa shape index (κ1) is 22.3. The Labute approximate surface area is 202 Å². The smallest absolute Gasteiger partial charge is 0.333 e. The zero-order valence-electron chi connectivity index (χ0n) is 19.5. The number of tetrazole rings is 1. The molecule has 0 amide bonds. The number of pyridine rings is 1. The van der Waals surface area contributed by atoms with Gasteiger partial charge in [-0.25, -0.2) is 9.89 Å². The van der Waals surface area contributed by atoms with Crippen LogP contribution in [0.2, 0.25) is 0 Å². The molecule has 3 heterocycles. The molecular formula is C26H25N7O2. The second kappa shape index (κ2) is 9.76. The van der Waals surface area contributed by atoms with E-state index in [9.17, 15) is 4.79 Å². The number of aromatic nitrogens is 7. The largest absolute Gasteiger partial charge is 0.495 e. The van der Waals surface area contributed by atoms with Crippen LogP contribution in [0.15, 0.2) is 78.0 Å². The van der Waals surface area contributed by atoms with E-state index < -0.39 is 0 Å². The van der Waals surface area contributed by atoms with E-state index in [1.807, 2.05) is 65.4 Å². The molecule has 9 nitrogen and oxygen atoms in total. The van der Waals surface area contributed by atoms with Crippen LogP contribution in [-0.2, 0) is 13.0 Å². The van der Waals surface area contributed by atoms with E-state index in [-0.39, 0.29) is 5.69 Å². The molecular weight excluding hydrogens is 442 g/mol. The summed E-state index contributed by atoms with van der Waals surface area (Å²) >= 11 is 0. The molecule has 0 atom stereocenters. The van der Waals surface area contributed by atoms with Crippen molar-refractivity contribution in [3.8, 4) is 34.0 Å². The predicted molar refractivity (Wildman–Crippen MR) is 133 cm³/mol. The number of H-pyrrole nitrogens is 1. The summed E-state index contributed by atoms with van der Waals surface area (Å²) in [4.78, 5) is 17.7. The summed E-state index contributed by atoms with van der Waals surface area (Å²) < 4.78 is 8.99. The third-order valence-electron chi connectivity index (χ3n) is 5.94. The highest BCUT2D eigenvalue weighted by atomic mass is 16.5. The Morgan fingerprint density at radius 3 is 2.60 bits per heavy atom. The maximum Gasteiger partial charge on any atom is 0.333 e. The molecule has 3 aromatic heterocycles. The molecule has 2 aromatic carbocycles. The molecule has 0 spiro atoms. The fourth-order valence-electron chi connectivity index (χ4n) is 4.23. The van der Waals surface area contributed by atoms with Gasteiger partial charge in [0, 0.05) is 35.4 Å². The van der Waals surface area contributed by atoms with Gasteiger partial charge in [-0.3, -0.25) is 14.1 Å². The van der Waals surface area contributed by atoms with Gasteiger partial charge in [-0.05, 0) is 46.2 Å². The fourth-order valence-corrected chi connectivity index (χ4v) is 4.23. The van der Waals surface area contributed by atoms with Crippen LogP contribution < -0.4 is 10.4 Å². The Hall–Kier alpha value is -4.53. The molecule has 9 heteroatoms. The predicted octanol–water partition coefficient (Wildman–Crippen LogP) is 3.89. The number of benzene rings is 2. The van der Waals surface area contributed by atoms with Crippen LogP contribution in [0.1, 0.15) is 24.6 Å². The average Bonchev–Trinajstić information content (AvgIpc) is 3.54. The monoisotopic (exact) mass is 467 g/mol. The topological polar surface area (TPSA) is 104 Å². The van der Waals surface area contributed by atoms with Crippen LogP contribution in [0.4, 0.5) is 0 Å². The van der Waals surface area contributed by atoms with Gasteiger partial charge in [0.25, 0.3) is 0 Å². The van der Waals surface area contributed by atoms with Gasteiger partial charge >= 0.3 is 5.69 Å². The third kappa shape index (κ3) is 4.35. The molecule has 0 aliphatic carbocycles. The van der Waals surface area contributed by atoms with Crippen molar-refractivity contribution in [2.45, 2.75) is 26.3 Å². The summed E-state index contributed by atoms with van der Waals surface area (Å²) in [6.07, 6.45) is 7.17. The van der Waals surface area contributed by atoms with Gasteiger partial charge in [-0.2, -0.15) is 0 Å². The Bertz CT molecular complexity index is 1490. The second-order valence-corrected chi connectivity index (χ2v) is 8.15. The minimum atomic E-state index is -0.0885. The second-order valence-electron chi connectivity index (χ2n) is 8.15. The molecule has 0 saturated heterocycles. The highest BCUT2D eigenvalue weighted by molar-refractivity contribution is 5.79. The summed E-state index contributed by atoms with van der Waals surface area (Å²) in [5.41, 5.74) is 5.43. The minimum Gasteiger partial charge on any atom is -0.495 e. The van der Waals surface area contributed by atoms with Crippen LogP contribution in [0.5, 0.6) is 5.75 Å². The standard InChI is InChI=1S/C26H25N7O2/c1-3-6-20-17-33(23-7-4-5-8-24(23)35-2)26(34)32(20)16-18-9-11-19(12-10-18)22-15-27-14-13-21(22)25-28-30-31-29-25/h4-5,7-15,17H,3,6,16H2,1-2H3,(H,28,29,30,31). The highest BCUT2D eigenvalue weighted by Gasteiger charge is 2.16. The number of hydrogen-bond donors (Lipinski definition) is 1. The van der Waals surface area contributed by atoms with E-state index in [0.717, 1.165) is 46.5 Å². The molecule has 176 valence electrons. The lowest BCUT2D eigenvalue weighted by molar-refractivity contribution is 0.412. The number of nitrogens with zero attached hydrogens (tertiary/aromatic N) is 6. The molecule has 35 heavy (non-hydrogen) atoms. The van der Waals surface area contributed by atoms with Gasteiger partial charge in [0.1, 0.15) is 5.75 Å². The quantitative estimate of drug-likeness (QED) is 0.371. The number of hydrogen-bond acceptors (Lipinski definition) is 6. The molecule has 0 saturated carbocycles. The van der Waals surface area contributed by atoms with Crippen LogP contribution in [0.3, 0.4) is 0 Å². The maximum absolute atomic E-state index is 13.4. The lowest BCUT2D eigenvalue weighted by Crippen LogP contribution is -2.25. The van der Waals surface area contributed by atoms with Gasteiger partial charge in [0.15, 0.2) is 5.82 Å². The molecule has 1 N–H and O–H groups in total. The number of aryl methyl sites for hydroxylation is 1. The van der Waals surface area contributed by atoms with E-state index in [4.69, 9.17) is 4.74 Å². The highest BCUT2D eigenvalue weighted by Crippen LogP contribution is 2.29. The zero-order valence-corrected chi connectivity index (χ0v) is 19.5. The van der Waals surface area contributed by atoms with Crippen LogP contribution in [0, 0.1) is 0 Å². The lowest BCUT2D eigenvalue weighted by atomic mass is 10.0. The average molecular weight is 468 g/mol. The summed E-state index contributed by atoms with van der Waals surface area (Å²) in [5, 5.41) is 14.2. The van der Waals surface area contributed by atoms with Gasteiger partial charge in [0.05, 0.1) is 19.3 Å². The summed E-state index contributed by atoms with van der Waals surface area (Å²) in [7, 11) is 1.61. The Morgan fingerprint density at radius 2 is 1.86 bits per heavy atom. The van der Waals surface area contributed by atoms with E-state index >= 15 is 0 Å². The summed E-state index contributed by atoms with van der Waals surface area (Å²) in [6.45, 7) is 2.59. The van der Waals surface area contributed by atoms with Crippen LogP contribution in [-0.4, -0.2) is 41.9 Å². The molecule has 0 aliphatic heterocycles. The molecule has 0 aliphatic rings. The SMILES string of the molecule is CCCc1cn(-c2ccccc2OC)c(=O)n1Cc1ccc(-c2cnccc2-c2nnn[nH]2)cc1. The van der Waals surface area contributed by atoms with E-state index in [1.54, 1.807) is 24.1 Å². The van der Waals surface area contributed by atoms with Crippen molar-refractivity contribution >= 4 is 0 Å². The van der Waals surface area contributed by atoms with Crippen molar-refractivity contribution in [3.63, 3.8) is 0 Å². The molecule has 0 bridgehead atoms. The number of para-hydroxylation sites is 2. The third-order valence-corrected chi connectivity index (χ3v) is 5.94. The first-order valence-corrected chi connectivity index (χ1v) is 11.4. The molecule has 5 rings (SSSR count). The summed E-state index contributed by atoms with van der Waals surface area (Å²) in [5.74, 6) is 1.24. The number of aromatic amines is 1. The van der Waals surface area contributed by atoms with E-state index in [2.05, 4.69) is 32.5 Å². The first-order valence-electron chi connectivity index (χ1n) is 11.4. The van der Waals surface area contributed by atoms with Gasteiger partial charge < -0.3 is 4.74 Å². The number of imidazole rings is 1. The van der Waals surface area contributed by atoms with Crippen molar-refractivity contribution in [1.82, 2.24) is 34.7 Å². The van der Waals surface area contributed by atoms with Crippen molar-refractivity contribution < 1.29 is 4.74 Å². The van der Waals surface area contributed by atoms with Crippen molar-refractivity contribution in [1.29, 1.82) is 0 Å². The Morgan fingerprint density at radius 1 is 1.03 bits per heavy atom. The number of rotatable bonds is 8. The number of nitrogens with one attached hydrogen (secondary N) is 1. The van der Waals surface area contributed by atoms with E-state index in [1.165, 1.54) is 0 Å². The lowest BCUT2D eigenvalue weighted by Gasteiger charge is -2.10. The fraction of sp³-hybridized carbons (Fsp3) is 0.192. The van der Waals surface area contributed by atoms with Gasteiger partial charge in [-0.1, -0.05) is 49.7 Å². The molecule has 0 unspecified atom stereocenters. The van der Waals surface area contributed by atoms with Crippen LogP contribution >= 0.6 is 0 Å². The van der Waals surface area contributed by atoms with Crippen LogP contribution in [0.25, 0.3) is 28.2 Å². The van der Waals surface area contributed by atoms with Crippen molar-refractivity contribution in [2.75, 3.05) is 7.11 Å².